The van der Waals surface area contributed by atoms with E-state index in [1.807, 2.05) is 0 Å². The predicted octanol–water partition coefficient (Wildman–Crippen LogP) is 3.78. The molecule has 1 heteroatoms. The molecule has 2 atom stereocenters. The molecule has 0 bridgehead atoms. The molecule has 0 saturated heterocycles. The molecule has 0 aliphatic heterocycles. The summed E-state index contributed by atoms with van der Waals surface area (Å²) in [5.74, 6) is 4.04. The van der Waals surface area contributed by atoms with E-state index in [0.717, 1.165) is 11.8 Å². The van der Waals surface area contributed by atoms with Crippen molar-refractivity contribution in [2.45, 2.75) is 59.7 Å². The van der Waals surface area contributed by atoms with Gasteiger partial charge in [0.15, 0.2) is 0 Å². The van der Waals surface area contributed by atoms with E-state index in [-0.39, 0.29) is 0 Å². The molecule has 0 fully saturated rings. The minimum absolute atomic E-state index is 0.855. The summed E-state index contributed by atoms with van der Waals surface area (Å²) in [6.07, 6.45) is 6.82. The number of rotatable bonds is 7. The molecule has 2 unspecified atom stereocenters. The van der Waals surface area contributed by atoms with Crippen LogP contribution in [0.5, 0.6) is 0 Å². The van der Waals surface area contributed by atoms with Crippen LogP contribution in [0.2, 0.25) is 6.82 Å². The molecule has 76 valence electrons. The van der Waals surface area contributed by atoms with Gasteiger partial charge in [0.05, 0.1) is 0 Å². The maximum atomic E-state index is 2.39. The summed E-state index contributed by atoms with van der Waals surface area (Å²) in [6, 6.07) is 0. The van der Waals surface area contributed by atoms with Crippen LogP contribution in [0, 0.1) is 11.8 Å². The maximum absolute atomic E-state index is 2.39. The third-order valence-electron chi connectivity index (χ3n) is 2.98. The zero-order valence-corrected chi connectivity index (χ0v) is 9.84. The van der Waals surface area contributed by atoms with Gasteiger partial charge in [0.25, 0.3) is 0 Å². The van der Waals surface area contributed by atoms with Crippen LogP contribution >= 0.6 is 0 Å². The molecule has 0 aliphatic carbocycles. The van der Waals surface area contributed by atoms with E-state index in [4.69, 9.17) is 0 Å². The van der Waals surface area contributed by atoms with Gasteiger partial charge in [0.2, 0.25) is 0 Å². The van der Waals surface area contributed by atoms with Gasteiger partial charge in [-0.2, -0.15) is 0 Å². The Morgan fingerprint density at radius 3 is 2.38 bits per heavy atom. The van der Waals surface area contributed by atoms with Crippen molar-refractivity contribution in [3.8, 4) is 0 Å². The molecule has 0 nitrogen and oxygen atoms in total. The van der Waals surface area contributed by atoms with E-state index < -0.39 is 0 Å². The molecule has 0 rings (SSSR count). The molecule has 13 heavy (non-hydrogen) atoms. The van der Waals surface area contributed by atoms with Gasteiger partial charge < -0.3 is 0 Å². The van der Waals surface area contributed by atoms with Crippen LogP contribution in [0.4, 0.5) is 0 Å². The first kappa shape index (κ1) is 12.9. The first-order chi connectivity index (χ1) is 6.22. The van der Waals surface area contributed by atoms with Crippen molar-refractivity contribution in [3.05, 3.63) is 0 Å². The van der Waals surface area contributed by atoms with Crippen molar-refractivity contribution in [2.24, 2.45) is 11.8 Å². The summed E-state index contributed by atoms with van der Waals surface area (Å²) in [5, 5.41) is 0. The van der Waals surface area contributed by atoms with E-state index in [9.17, 15) is 0 Å². The summed E-state index contributed by atoms with van der Waals surface area (Å²) in [5.41, 5.74) is 0. The molecule has 0 aromatic rings. The van der Waals surface area contributed by atoms with Crippen LogP contribution in [-0.2, 0) is 0 Å². The van der Waals surface area contributed by atoms with Gasteiger partial charge in [-0.1, -0.05) is 0 Å². The van der Waals surface area contributed by atoms with Crippen molar-refractivity contribution >= 4 is 12.9 Å². The van der Waals surface area contributed by atoms with Gasteiger partial charge in [-0.15, -0.1) is 0 Å². The number of hydrogen-bond donors (Lipinski definition) is 0. The summed E-state index contributed by atoms with van der Waals surface area (Å²) < 4.78 is 0. The van der Waals surface area contributed by atoms with Gasteiger partial charge in [-0.25, -0.2) is 0 Å². The number of hydrogen-bond acceptors (Lipinski definition) is 0. The second-order valence-corrected chi connectivity index (χ2v) is 4.26. The number of unbranched alkanes of at least 4 members (excludes halogenated alkanes) is 2. The van der Waals surface area contributed by atoms with Gasteiger partial charge in [0.1, 0.15) is 0 Å². The van der Waals surface area contributed by atoms with Crippen LogP contribution in [0.3, 0.4) is 0 Å². The third-order valence-corrected chi connectivity index (χ3v) is 2.98. The topological polar surface area (TPSA) is 0 Å². The van der Waals surface area contributed by atoms with Gasteiger partial charge in [-0.05, 0) is 0 Å². The van der Waals surface area contributed by atoms with Gasteiger partial charge in [0, 0.05) is 0 Å². The molecule has 0 radical (unpaired) electrons. The van der Waals surface area contributed by atoms with Crippen molar-refractivity contribution in [3.63, 3.8) is 0 Å². The minimum atomic E-state index is 0.855. The normalized spacial score (nSPS) is 15.7. The molecule has 0 N–H and O–H groups in total. The van der Waals surface area contributed by atoms with E-state index in [1.165, 1.54) is 32.1 Å². The molecule has 0 spiro atoms. The Morgan fingerprint density at radius 1 is 1.15 bits per heavy atom. The second kappa shape index (κ2) is 8.53. The van der Waals surface area contributed by atoms with Crippen LogP contribution < -0.4 is 0 Å². The molecular weight excluding hydrogens is 155 g/mol. The summed E-state index contributed by atoms with van der Waals surface area (Å²) in [4.78, 5) is 0. The standard InChI is InChI=1S/C12H25B/c1-5-6-7-8-11(2)12(3)9-10-13-4/h10-12H,5-9H2,1-4H3. The molecular formula is C12H25B. The Balaban J connectivity index is 3.50. The van der Waals surface area contributed by atoms with Crippen molar-refractivity contribution in [1.29, 1.82) is 0 Å². The molecule has 0 aromatic carbocycles. The Morgan fingerprint density at radius 2 is 1.85 bits per heavy atom. The second-order valence-electron chi connectivity index (χ2n) is 4.26. The summed E-state index contributed by atoms with van der Waals surface area (Å²) >= 11 is 0. The first-order valence-corrected chi connectivity index (χ1v) is 5.83. The third kappa shape index (κ3) is 7.04. The van der Waals surface area contributed by atoms with Crippen molar-refractivity contribution < 1.29 is 0 Å². The van der Waals surface area contributed by atoms with E-state index >= 15 is 0 Å². The Bertz CT molecular complexity index is 129. The molecule has 0 heterocycles. The van der Waals surface area contributed by atoms with Crippen LogP contribution in [-0.4, -0.2) is 12.9 Å². The van der Waals surface area contributed by atoms with Crippen molar-refractivity contribution in [1.82, 2.24) is 0 Å². The Labute approximate surface area is 85.0 Å². The van der Waals surface area contributed by atoms with Crippen molar-refractivity contribution in [2.75, 3.05) is 0 Å². The Kier molecular flexibility index (Phi) is 8.49. The molecule has 0 amide bonds. The van der Waals surface area contributed by atoms with E-state index in [2.05, 4.69) is 40.5 Å². The fourth-order valence-electron chi connectivity index (χ4n) is 1.58. The van der Waals surface area contributed by atoms with E-state index in [0.29, 0.717) is 0 Å². The van der Waals surface area contributed by atoms with Crippen LogP contribution in [0.25, 0.3) is 0 Å². The predicted molar refractivity (Wildman–Crippen MR) is 64.8 cm³/mol. The summed E-state index contributed by atoms with van der Waals surface area (Å²) in [6.45, 7) is 11.3. The first-order valence-electron chi connectivity index (χ1n) is 5.83. The Hall–Kier alpha value is -0.0651. The molecule has 0 saturated carbocycles. The zero-order valence-electron chi connectivity index (χ0n) is 9.84. The molecule has 0 aliphatic rings. The zero-order chi connectivity index (χ0) is 10.1. The van der Waals surface area contributed by atoms with Gasteiger partial charge >= 0.3 is 84.4 Å². The molecule has 0 aromatic heterocycles. The average molecular weight is 180 g/mol. The quantitative estimate of drug-likeness (QED) is 0.413. The fraction of sp³-hybridized carbons (Fsp3) is 0.917. The monoisotopic (exact) mass is 180 g/mol. The average Bonchev–Trinajstić information content (AvgIpc) is 2.14. The fourth-order valence-corrected chi connectivity index (χ4v) is 1.58. The van der Waals surface area contributed by atoms with Crippen LogP contribution in [0.15, 0.2) is 0 Å². The summed E-state index contributed by atoms with van der Waals surface area (Å²) in [7, 11) is 0. The van der Waals surface area contributed by atoms with Gasteiger partial charge in [-0.3, -0.25) is 0 Å². The SMILES string of the molecule is C/B=C/CC(C)C(C)CCCCC. The van der Waals surface area contributed by atoms with E-state index in [1.54, 1.807) is 0 Å². The van der Waals surface area contributed by atoms with Crippen LogP contribution in [0.1, 0.15) is 52.9 Å².